The fraction of sp³-hybridized carbons (Fsp3) is 0.476. The Kier molecular flexibility index (Phi) is 7.33. The molecule has 1 N–H and O–H groups in total. The predicted molar refractivity (Wildman–Crippen MR) is 115 cm³/mol. The van der Waals surface area contributed by atoms with Gasteiger partial charge in [-0.05, 0) is 68.8 Å². The fourth-order valence-corrected chi connectivity index (χ4v) is 4.54. The number of nitrogens with zero attached hydrogens (tertiary/aromatic N) is 1. The number of carbonyl (C=O) groups excluding carboxylic acids is 1. The molecule has 1 aliphatic heterocycles. The molecular formula is C21H27BrN2O2S. The van der Waals surface area contributed by atoms with Crippen molar-refractivity contribution >= 4 is 33.2 Å². The number of piperidine rings is 1. The molecule has 1 fully saturated rings. The van der Waals surface area contributed by atoms with Crippen LogP contribution in [0.3, 0.4) is 0 Å². The minimum absolute atomic E-state index is 0.0232. The molecule has 27 heavy (non-hydrogen) atoms. The quantitative estimate of drug-likeness (QED) is 0.649. The third-order valence-corrected chi connectivity index (χ3v) is 6.02. The number of likely N-dealkylation sites (tertiary alicyclic amines) is 1. The zero-order valence-corrected chi connectivity index (χ0v) is 18.3. The van der Waals surface area contributed by atoms with Crippen LogP contribution in [0.25, 0.3) is 0 Å². The molecule has 146 valence electrons. The first kappa shape index (κ1) is 20.4. The van der Waals surface area contributed by atoms with Gasteiger partial charge in [0.2, 0.25) is 0 Å². The van der Waals surface area contributed by atoms with Gasteiger partial charge in [0.05, 0.1) is 11.7 Å². The Bertz CT molecular complexity index is 749. The lowest BCUT2D eigenvalue weighted by Gasteiger charge is -2.32. The first-order chi connectivity index (χ1) is 13.0. The van der Waals surface area contributed by atoms with Crippen LogP contribution in [-0.4, -0.2) is 36.5 Å². The topological polar surface area (TPSA) is 41.6 Å². The summed E-state index contributed by atoms with van der Waals surface area (Å²) in [5, 5.41) is 5.25. The number of benzene rings is 1. The standard InChI is InChI=1S/C21H27BrN2O2S/c1-15(2)26-20-11-17(22)7-8-19(20)21(25)23-12-16-5-3-9-24(13-16)14-18-6-4-10-27-18/h4,6-8,10-11,15-16H,3,5,9,12-14H2,1-2H3,(H,23,25). The largest absolute Gasteiger partial charge is 0.490 e. The molecule has 2 heterocycles. The minimum atomic E-state index is -0.0615. The van der Waals surface area contributed by atoms with E-state index < -0.39 is 0 Å². The van der Waals surface area contributed by atoms with Crippen LogP contribution in [0.4, 0.5) is 0 Å². The average Bonchev–Trinajstić information content (AvgIpc) is 3.12. The van der Waals surface area contributed by atoms with Crippen LogP contribution in [0.5, 0.6) is 5.75 Å². The Morgan fingerprint density at radius 1 is 1.41 bits per heavy atom. The zero-order valence-electron chi connectivity index (χ0n) is 15.9. The maximum atomic E-state index is 12.7. The monoisotopic (exact) mass is 450 g/mol. The molecule has 0 bridgehead atoms. The molecule has 2 aromatic rings. The van der Waals surface area contributed by atoms with Crippen molar-refractivity contribution in [1.82, 2.24) is 10.2 Å². The molecule has 1 unspecified atom stereocenters. The highest BCUT2D eigenvalue weighted by atomic mass is 79.9. The van der Waals surface area contributed by atoms with Crippen molar-refractivity contribution in [1.29, 1.82) is 0 Å². The van der Waals surface area contributed by atoms with Crippen molar-refractivity contribution in [2.45, 2.75) is 39.3 Å². The van der Waals surface area contributed by atoms with Crippen molar-refractivity contribution in [2.24, 2.45) is 5.92 Å². The summed E-state index contributed by atoms with van der Waals surface area (Å²) in [4.78, 5) is 16.6. The molecule has 0 radical (unpaired) electrons. The molecule has 1 amide bonds. The summed E-state index contributed by atoms with van der Waals surface area (Å²) in [6, 6.07) is 9.86. The summed E-state index contributed by atoms with van der Waals surface area (Å²) in [7, 11) is 0. The van der Waals surface area contributed by atoms with Gasteiger partial charge in [0.15, 0.2) is 0 Å². The molecule has 6 heteroatoms. The second-order valence-corrected chi connectivity index (χ2v) is 9.29. The number of thiophene rings is 1. The molecule has 1 aromatic heterocycles. The van der Waals surface area contributed by atoms with Gasteiger partial charge < -0.3 is 10.1 Å². The molecule has 1 atom stereocenters. The molecule has 0 aliphatic carbocycles. The smallest absolute Gasteiger partial charge is 0.255 e. The van der Waals surface area contributed by atoms with Gasteiger partial charge >= 0.3 is 0 Å². The lowest BCUT2D eigenvalue weighted by molar-refractivity contribution is 0.0925. The normalized spacial score (nSPS) is 17.9. The molecule has 4 nitrogen and oxygen atoms in total. The van der Waals surface area contributed by atoms with E-state index in [9.17, 15) is 4.79 Å². The predicted octanol–water partition coefficient (Wildman–Crippen LogP) is 4.94. The number of rotatable bonds is 7. The van der Waals surface area contributed by atoms with E-state index in [1.165, 1.54) is 11.3 Å². The summed E-state index contributed by atoms with van der Waals surface area (Å²) in [6.45, 7) is 7.83. The number of carbonyl (C=O) groups is 1. The summed E-state index contributed by atoms with van der Waals surface area (Å²) in [5.74, 6) is 1.06. The number of nitrogens with one attached hydrogen (secondary N) is 1. The minimum Gasteiger partial charge on any atom is -0.490 e. The summed E-state index contributed by atoms with van der Waals surface area (Å²) >= 11 is 5.26. The second-order valence-electron chi connectivity index (χ2n) is 7.34. The molecular weight excluding hydrogens is 424 g/mol. The van der Waals surface area contributed by atoms with Gasteiger partial charge in [-0.25, -0.2) is 0 Å². The van der Waals surface area contributed by atoms with Crippen molar-refractivity contribution in [2.75, 3.05) is 19.6 Å². The number of hydrogen-bond acceptors (Lipinski definition) is 4. The molecule has 1 aliphatic rings. The van der Waals surface area contributed by atoms with Gasteiger partial charge in [-0.3, -0.25) is 9.69 Å². The summed E-state index contributed by atoms with van der Waals surface area (Å²) in [5.41, 5.74) is 0.596. The van der Waals surface area contributed by atoms with Crippen LogP contribution >= 0.6 is 27.3 Å². The highest BCUT2D eigenvalue weighted by molar-refractivity contribution is 9.10. The first-order valence-electron chi connectivity index (χ1n) is 9.50. The van der Waals surface area contributed by atoms with E-state index in [2.05, 4.69) is 43.7 Å². The lowest BCUT2D eigenvalue weighted by Crippen LogP contribution is -2.40. The van der Waals surface area contributed by atoms with E-state index in [-0.39, 0.29) is 12.0 Å². The van der Waals surface area contributed by atoms with E-state index in [1.807, 2.05) is 43.4 Å². The number of halogens is 1. The van der Waals surface area contributed by atoms with Gasteiger partial charge in [0.1, 0.15) is 5.75 Å². The molecule has 3 rings (SSSR count). The van der Waals surface area contributed by atoms with Gasteiger partial charge in [-0.1, -0.05) is 22.0 Å². The van der Waals surface area contributed by atoms with Crippen LogP contribution in [0, 0.1) is 5.92 Å². The maximum absolute atomic E-state index is 12.7. The summed E-state index contributed by atoms with van der Waals surface area (Å²) < 4.78 is 6.73. The lowest BCUT2D eigenvalue weighted by atomic mass is 9.97. The van der Waals surface area contributed by atoms with Crippen LogP contribution in [0.15, 0.2) is 40.2 Å². The zero-order chi connectivity index (χ0) is 19.2. The number of amides is 1. The summed E-state index contributed by atoms with van der Waals surface area (Å²) in [6.07, 6.45) is 2.37. The Morgan fingerprint density at radius 2 is 2.26 bits per heavy atom. The Balaban J connectivity index is 1.55. The Hall–Kier alpha value is -1.37. The molecule has 1 aromatic carbocycles. The molecule has 0 saturated carbocycles. The Morgan fingerprint density at radius 3 is 3.00 bits per heavy atom. The van der Waals surface area contributed by atoms with Gasteiger partial charge in [-0.15, -0.1) is 11.3 Å². The second kappa shape index (κ2) is 9.71. The molecule has 0 spiro atoms. The van der Waals surface area contributed by atoms with Gasteiger partial charge in [-0.2, -0.15) is 0 Å². The third-order valence-electron chi connectivity index (χ3n) is 4.66. The van der Waals surface area contributed by atoms with Crippen molar-refractivity contribution < 1.29 is 9.53 Å². The van der Waals surface area contributed by atoms with E-state index >= 15 is 0 Å². The van der Waals surface area contributed by atoms with Crippen molar-refractivity contribution in [3.05, 3.63) is 50.6 Å². The first-order valence-corrected chi connectivity index (χ1v) is 11.2. The fourth-order valence-electron chi connectivity index (χ4n) is 3.45. The Labute approximate surface area is 174 Å². The number of hydrogen-bond donors (Lipinski definition) is 1. The van der Waals surface area contributed by atoms with Crippen LogP contribution in [0.2, 0.25) is 0 Å². The van der Waals surface area contributed by atoms with Crippen LogP contribution in [-0.2, 0) is 6.54 Å². The van der Waals surface area contributed by atoms with Crippen molar-refractivity contribution in [3.63, 3.8) is 0 Å². The average molecular weight is 451 g/mol. The van der Waals surface area contributed by atoms with E-state index in [4.69, 9.17) is 4.74 Å². The van der Waals surface area contributed by atoms with Crippen molar-refractivity contribution in [3.8, 4) is 5.75 Å². The SMILES string of the molecule is CC(C)Oc1cc(Br)ccc1C(=O)NCC1CCCN(Cc2cccs2)C1. The van der Waals surface area contributed by atoms with E-state index in [0.29, 0.717) is 23.8 Å². The van der Waals surface area contributed by atoms with E-state index in [0.717, 1.165) is 30.5 Å². The van der Waals surface area contributed by atoms with Gasteiger partial charge in [0.25, 0.3) is 5.91 Å². The molecule has 1 saturated heterocycles. The van der Waals surface area contributed by atoms with E-state index in [1.54, 1.807) is 0 Å². The highest BCUT2D eigenvalue weighted by Crippen LogP contribution is 2.25. The van der Waals surface area contributed by atoms with Crippen LogP contribution in [0.1, 0.15) is 41.9 Å². The number of ether oxygens (including phenoxy) is 1. The highest BCUT2D eigenvalue weighted by Gasteiger charge is 2.22. The van der Waals surface area contributed by atoms with Crippen LogP contribution < -0.4 is 10.1 Å². The maximum Gasteiger partial charge on any atom is 0.255 e. The third kappa shape index (κ3) is 6.06. The van der Waals surface area contributed by atoms with Gasteiger partial charge in [0, 0.05) is 29.0 Å².